The normalized spacial score (nSPS) is 11.5. The first-order chi connectivity index (χ1) is 11.4. The minimum absolute atomic E-state index is 0.114. The van der Waals surface area contributed by atoms with Gasteiger partial charge in [-0.3, -0.25) is 0 Å². The predicted molar refractivity (Wildman–Crippen MR) is 105 cm³/mol. The van der Waals surface area contributed by atoms with Crippen LogP contribution in [0.2, 0.25) is 0 Å². The molecule has 0 N–H and O–H groups in total. The summed E-state index contributed by atoms with van der Waals surface area (Å²) in [6.07, 6.45) is 0. The Bertz CT molecular complexity index is 771. The van der Waals surface area contributed by atoms with Crippen molar-refractivity contribution in [2.75, 3.05) is 0 Å². The van der Waals surface area contributed by atoms with E-state index in [0.717, 1.165) is 0 Å². The quantitative estimate of drug-likeness (QED) is 0.481. The molecular weight excluding hydrogens is 288 g/mol. The molecule has 0 heterocycles. The summed E-state index contributed by atoms with van der Waals surface area (Å²) in [4.78, 5) is 0. The van der Waals surface area contributed by atoms with Gasteiger partial charge in [0.1, 0.15) is 0 Å². The number of hydrogen-bond donors (Lipinski definition) is 0. The van der Waals surface area contributed by atoms with Crippen LogP contribution in [0.15, 0.2) is 66.7 Å². The molecule has 0 atom stereocenters. The summed E-state index contributed by atoms with van der Waals surface area (Å²) in [6.45, 7) is 11.5. The van der Waals surface area contributed by atoms with Crippen molar-refractivity contribution < 1.29 is 0 Å². The highest BCUT2D eigenvalue weighted by molar-refractivity contribution is 5.80. The van der Waals surface area contributed by atoms with Gasteiger partial charge in [-0.15, -0.1) is 0 Å². The highest BCUT2D eigenvalue weighted by atomic mass is 14.3. The van der Waals surface area contributed by atoms with E-state index in [1.54, 1.807) is 0 Å². The van der Waals surface area contributed by atoms with Crippen molar-refractivity contribution in [3.05, 3.63) is 83.4 Å². The molecule has 0 aromatic heterocycles. The molecule has 24 heavy (non-hydrogen) atoms. The van der Waals surface area contributed by atoms with Crippen LogP contribution in [-0.2, 0) is 5.41 Å². The van der Waals surface area contributed by atoms with E-state index >= 15 is 0 Å². The standard InChI is InChI=1S/C24H26/c1-17-21(19-12-8-6-9-13-19)16-22(20-14-10-7-11-15-20)18(2)23(17)24(3,4)5/h6-16H,1-5H3. The Morgan fingerprint density at radius 1 is 0.583 bits per heavy atom. The number of benzene rings is 3. The fourth-order valence-corrected chi connectivity index (χ4v) is 3.87. The van der Waals surface area contributed by atoms with Crippen LogP contribution in [0.4, 0.5) is 0 Å². The zero-order chi connectivity index (χ0) is 17.3. The third-order valence-corrected chi connectivity index (χ3v) is 4.77. The Hall–Kier alpha value is -2.34. The summed E-state index contributed by atoms with van der Waals surface area (Å²) in [6, 6.07) is 23.8. The molecule has 0 spiro atoms. The van der Waals surface area contributed by atoms with E-state index in [-0.39, 0.29) is 5.41 Å². The first-order valence-electron chi connectivity index (χ1n) is 8.65. The molecular formula is C24H26. The van der Waals surface area contributed by atoms with E-state index in [1.807, 2.05) is 0 Å². The lowest BCUT2D eigenvalue weighted by Crippen LogP contribution is -2.16. The molecule has 122 valence electrons. The maximum Gasteiger partial charge on any atom is -0.0126 e. The lowest BCUT2D eigenvalue weighted by molar-refractivity contribution is 0.582. The SMILES string of the molecule is Cc1c(-c2ccccc2)cc(-c2ccccc2)c(C)c1C(C)(C)C. The van der Waals surface area contributed by atoms with E-state index in [1.165, 1.54) is 38.9 Å². The van der Waals surface area contributed by atoms with E-state index in [2.05, 4.69) is 101 Å². The molecule has 3 aromatic carbocycles. The van der Waals surface area contributed by atoms with Crippen molar-refractivity contribution in [3.63, 3.8) is 0 Å². The van der Waals surface area contributed by atoms with Gasteiger partial charge in [0.2, 0.25) is 0 Å². The van der Waals surface area contributed by atoms with Gasteiger partial charge in [-0.25, -0.2) is 0 Å². The molecule has 0 unspecified atom stereocenters. The maximum atomic E-state index is 2.37. The Balaban J connectivity index is 2.36. The summed E-state index contributed by atoms with van der Waals surface area (Å²) in [7, 11) is 0. The third kappa shape index (κ3) is 3.01. The van der Waals surface area contributed by atoms with Crippen LogP contribution < -0.4 is 0 Å². The molecule has 0 aliphatic carbocycles. The molecule has 0 amide bonds. The van der Waals surface area contributed by atoms with Crippen molar-refractivity contribution >= 4 is 0 Å². The van der Waals surface area contributed by atoms with Crippen molar-refractivity contribution in [2.24, 2.45) is 0 Å². The number of rotatable bonds is 2. The maximum absolute atomic E-state index is 2.37. The Morgan fingerprint density at radius 2 is 0.958 bits per heavy atom. The molecule has 0 saturated carbocycles. The van der Waals surface area contributed by atoms with Crippen LogP contribution in [0.25, 0.3) is 22.3 Å². The van der Waals surface area contributed by atoms with E-state index in [4.69, 9.17) is 0 Å². The summed E-state index contributed by atoms with van der Waals surface area (Å²) in [5.41, 5.74) is 9.62. The largest absolute Gasteiger partial charge is 0.0622 e. The van der Waals surface area contributed by atoms with Crippen molar-refractivity contribution in [1.29, 1.82) is 0 Å². The minimum Gasteiger partial charge on any atom is -0.0622 e. The molecule has 0 nitrogen and oxygen atoms in total. The first-order valence-corrected chi connectivity index (χ1v) is 8.65. The van der Waals surface area contributed by atoms with Crippen LogP contribution in [0.5, 0.6) is 0 Å². The summed E-state index contributed by atoms with van der Waals surface area (Å²) in [5.74, 6) is 0. The fourth-order valence-electron chi connectivity index (χ4n) is 3.87. The van der Waals surface area contributed by atoms with Gasteiger partial charge in [-0.1, -0.05) is 81.4 Å². The van der Waals surface area contributed by atoms with Crippen LogP contribution in [0, 0.1) is 13.8 Å². The topological polar surface area (TPSA) is 0 Å². The van der Waals surface area contributed by atoms with Gasteiger partial charge in [-0.2, -0.15) is 0 Å². The van der Waals surface area contributed by atoms with Gasteiger partial charge < -0.3 is 0 Å². The highest BCUT2D eigenvalue weighted by Crippen LogP contribution is 2.40. The van der Waals surface area contributed by atoms with E-state index < -0.39 is 0 Å². The lowest BCUT2D eigenvalue weighted by Gasteiger charge is -2.28. The molecule has 0 aliphatic heterocycles. The summed E-state index contributed by atoms with van der Waals surface area (Å²) < 4.78 is 0. The lowest BCUT2D eigenvalue weighted by atomic mass is 9.76. The van der Waals surface area contributed by atoms with Crippen LogP contribution in [-0.4, -0.2) is 0 Å². The van der Waals surface area contributed by atoms with Gasteiger partial charge in [-0.05, 0) is 64.3 Å². The van der Waals surface area contributed by atoms with Crippen molar-refractivity contribution in [3.8, 4) is 22.3 Å². The minimum atomic E-state index is 0.114. The van der Waals surface area contributed by atoms with Crippen LogP contribution in [0.3, 0.4) is 0 Å². The smallest absolute Gasteiger partial charge is 0.0126 e. The molecule has 0 fully saturated rings. The van der Waals surface area contributed by atoms with Gasteiger partial charge >= 0.3 is 0 Å². The summed E-state index contributed by atoms with van der Waals surface area (Å²) in [5, 5.41) is 0. The average Bonchev–Trinajstić information content (AvgIpc) is 2.55. The van der Waals surface area contributed by atoms with Gasteiger partial charge in [0.25, 0.3) is 0 Å². The van der Waals surface area contributed by atoms with Gasteiger partial charge in [0.15, 0.2) is 0 Å². The van der Waals surface area contributed by atoms with Crippen molar-refractivity contribution in [1.82, 2.24) is 0 Å². The van der Waals surface area contributed by atoms with E-state index in [0.29, 0.717) is 0 Å². The molecule has 0 bridgehead atoms. The Kier molecular flexibility index (Phi) is 4.32. The zero-order valence-electron chi connectivity index (χ0n) is 15.4. The summed E-state index contributed by atoms with van der Waals surface area (Å²) >= 11 is 0. The zero-order valence-corrected chi connectivity index (χ0v) is 15.4. The average molecular weight is 314 g/mol. The van der Waals surface area contributed by atoms with Gasteiger partial charge in [0, 0.05) is 0 Å². The highest BCUT2D eigenvalue weighted by Gasteiger charge is 2.23. The Morgan fingerprint density at radius 3 is 1.29 bits per heavy atom. The molecule has 3 aromatic rings. The van der Waals surface area contributed by atoms with Crippen molar-refractivity contribution in [2.45, 2.75) is 40.0 Å². The van der Waals surface area contributed by atoms with Crippen LogP contribution >= 0.6 is 0 Å². The second kappa shape index (κ2) is 6.28. The molecule has 0 heteroatoms. The van der Waals surface area contributed by atoms with Crippen LogP contribution in [0.1, 0.15) is 37.5 Å². The molecule has 0 saturated heterocycles. The number of hydrogen-bond acceptors (Lipinski definition) is 0. The van der Waals surface area contributed by atoms with Gasteiger partial charge in [0.05, 0.1) is 0 Å². The fraction of sp³-hybridized carbons (Fsp3) is 0.250. The van der Waals surface area contributed by atoms with E-state index in [9.17, 15) is 0 Å². The second-order valence-corrected chi connectivity index (χ2v) is 7.58. The molecule has 0 radical (unpaired) electrons. The monoisotopic (exact) mass is 314 g/mol. The predicted octanol–water partition coefficient (Wildman–Crippen LogP) is 6.93. The Labute approximate surface area is 146 Å². The molecule has 0 aliphatic rings. The second-order valence-electron chi connectivity index (χ2n) is 7.58. The third-order valence-electron chi connectivity index (χ3n) is 4.77. The molecule has 3 rings (SSSR count). The first kappa shape index (κ1) is 16.5.